The molecule has 0 saturated carbocycles. The van der Waals surface area contributed by atoms with Gasteiger partial charge in [0.2, 0.25) is 21.8 Å². The van der Waals surface area contributed by atoms with E-state index in [-0.39, 0.29) is 37.7 Å². The quantitative estimate of drug-likeness (QED) is 0.314. The Hall–Kier alpha value is -3.85. The predicted molar refractivity (Wildman–Crippen MR) is 159 cm³/mol. The molecule has 8 nitrogen and oxygen atoms in total. The van der Waals surface area contributed by atoms with Gasteiger partial charge < -0.3 is 15.0 Å². The molecule has 1 atom stereocenters. The summed E-state index contributed by atoms with van der Waals surface area (Å²) in [5.74, 6) is 0.102. The lowest BCUT2D eigenvalue weighted by Crippen LogP contribution is -2.50. The van der Waals surface area contributed by atoms with Gasteiger partial charge in [0.1, 0.15) is 11.8 Å². The van der Waals surface area contributed by atoms with Gasteiger partial charge in [0, 0.05) is 38.5 Å². The third-order valence-electron chi connectivity index (χ3n) is 6.59. The molecule has 0 aliphatic heterocycles. The summed E-state index contributed by atoms with van der Waals surface area (Å²) in [7, 11) is -2.08. The summed E-state index contributed by atoms with van der Waals surface area (Å²) in [5.41, 5.74) is 3.43. The minimum atomic E-state index is -3.60. The van der Waals surface area contributed by atoms with Crippen molar-refractivity contribution in [3.05, 3.63) is 95.6 Å². The van der Waals surface area contributed by atoms with Crippen LogP contribution in [0.25, 0.3) is 0 Å². The zero-order valence-corrected chi connectivity index (χ0v) is 24.5. The van der Waals surface area contributed by atoms with Crippen LogP contribution in [0.15, 0.2) is 78.9 Å². The average Bonchev–Trinajstić information content (AvgIpc) is 2.94. The number of carbonyl (C=O) groups excluding carboxylic acids is 2. The number of hydrogen-bond donors (Lipinski definition) is 1. The van der Waals surface area contributed by atoms with Crippen LogP contribution in [0, 0.1) is 6.92 Å². The maximum atomic E-state index is 13.8. The number of benzene rings is 3. The molecule has 1 unspecified atom stereocenters. The highest BCUT2D eigenvalue weighted by molar-refractivity contribution is 7.92. The van der Waals surface area contributed by atoms with Gasteiger partial charge >= 0.3 is 0 Å². The van der Waals surface area contributed by atoms with Gasteiger partial charge in [0.25, 0.3) is 0 Å². The molecule has 0 radical (unpaired) electrons. The van der Waals surface area contributed by atoms with Crippen LogP contribution in [0.1, 0.15) is 36.5 Å². The van der Waals surface area contributed by atoms with E-state index in [0.29, 0.717) is 24.4 Å². The van der Waals surface area contributed by atoms with Gasteiger partial charge in [-0.25, -0.2) is 8.42 Å². The highest BCUT2D eigenvalue weighted by atomic mass is 32.2. The van der Waals surface area contributed by atoms with Gasteiger partial charge in [-0.15, -0.1) is 0 Å². The summed E-state index contributed by atoms with van der Waals surface area (Å²) in [5, 5.41) is 2.89. The average molecular weight is 566 g/mol. The van der Waals surface area contributed by atoms with Crippen molar-refractivity contribution in [2.24, 2.45) is 0 Å². The number of carbonyl (C=O) groups is 2. The minimum absolute atomic E-state index is 0.0759. The first kappa shape index (κ1) is 30.7. The molecule has 214 valence electrons. The number of nitrogens with one attached hydrogen (secondary N) is 1. The van der Waals surface area contributed by atoms with E-state index in [4.69, 9.17) is 4.74 Å². The van der Waals surface area contributed by atoms with Crippen molar-refractivity contribution < 1.29 is 22.7 Å². The molecule has 0 spiro atoms. The molecule has 0 fully saturated rings. The Labute approximate surface area is 238 Å². The summed E-state index contributed by atoms with van der Waals surface area (Å²) in [6.07, 6.45) is 1.86. The van der Waals surface area contributed by atoms with Crippen molar-refractivity contribution in [2.75, 3.05) is 30.8 Å². The van der Waals surface area contributed by atoms with Crippen molar-refractivity contribution in [1.82, 2.24) is 10.2 Å². The van der Waals surface area contributed by atoms with Crippen LogP contribution in [0.4, 0.5) is 5.69 Å². The van der Waals surface area contributed by atoms with E-state index in [0.717, 1.165) is 22.9 Å². The first-order valence-corrected chi connectivity index (χ1v) is 15.3. The summed E-state index contributed by atoms with van der Waals surface area (Å²) in [6.45, 7) is 4.66. The van der Waals surface area contributed by atoms with Gasteiger partial charge in [-0.2, -0.15) is 0 Å². The number of methoxy groups -OCH3 is 1. The number of ether oxygens (including phenoxy) is 1. The van der Waals surface area contributed by atoms with E-state index in [1.807, 2.05) is 68.4 Å². The van der Waals surface area contributed by atoms with Crippen LogP contribution in [0.2, 0.25) is 0 Å². The zero-order chi connectivity index (χ0) is 29.1. The van der Waals surface area contributed by atoms with E-state index in [2.05, 4.69) is 5.32 Å². The number of sulfonamides is 1. The molecule has 2 amide bonds. The maximum absolute atomic E-state index is 13.8. The van der Waals surface area contributed by atoms with Crippen LogP contribution < -0.4 is 14.4 Å². The first-order valence-electron chi connectivity index (χ1n) is 13.4. The van der Waals surface area contributed by atoms with Crippen molar-refractivity contribution in [3.8, 4) is 5.75 Å². The zero-order valence-electron chi connectivity index (χ0n) is 23.7. The summed E-state index contributed by atoms with van der Waals surface area (Å²) in [4.78, 5) is 28.7. The van der Waals surface area contributed by atoms with Crippen LogP contribution in [0.5, 0.6) is 5.75 Å². The lowest BCUT2D eigenvalue weighted by molar-refractivity contribution is -0.141. The molecule has 1 N–H and O–H groups in total. The van der Waals surface area contributed by atoms with Crippen molar-refractivity contribution >= 4 is 27.5 Å². The largest absolute Gasteiger partial charge is 0.497 e. The maximum Gasteiger partial charge on any atom is 0.243 e. The minimum Gasteiger partial charge on any atom is -0.497 e. The Balaban J connectivity index is 1.85. The number of amides is 2. The number of rotatable bonds is 14. The predicted octanol–water partition coefficient (Wildman–Crippen LogP) is 4.33. The molecule has 0 saturated heterocycles. The third kappa shape index (κ3) is 8.84. The standard InChI is InChI=1S/C31H39N3O5S/c1-5-32-31(36)29(21-25-11-7-6-8-12-25)33(23-26-18-16-24(2)17-19-26)30(35)15-10-20-34(40(4,37)38)27-13-9-14-28(22-27)39-3/h6-9,11-14,16-19,22,29H,5,10,15,20-21,23H2,1-4H3,(H,32,36). The van der Waals surface area contributed by atoms with Crippen LogP contribution in [-0.2, 0) is 32.6 Å². The Kier molecular flexibility index (Phi) is 11.1. The highest BCUT2D eigenvalue weighted by Crippen LogP contribution is 2.24. The van der Waals surface area contributed by atoms with Crippen molar-refractivity contribution in [2.45, 2.75) is 45.7 Å². The third-order valence-corrected chi connectivity index (χ3v) is 7.78. The molecule has 0 aromatic heterocycles. The number of nitrogens with zero attached hydrogens (tertiary/aromatic N) is 2. The Morgan fingerprint density at radius 3 is 2.27 bits per heavy atom. The van der Waals surface area contributed by atoms with Crippen molar-refractivity contribution in [3.63, 3.8) is 0 Å². The molecule has 0 heterocycles. The van der Waals surface area contributed by atoms with Gasteiger partial charge in [0.15, 0.2) is 0 Å². The number of hydrogen-bond acceptors (Lipinski definition) is 5. The smallest absolute Gasteiger partial charge is 0.243 e. The van der Waals surface area contributed by atoms with E-state index < -0.39 is 16.1 Å². The summed E-state index contributed by atoms with van der Waals surface area (Å²) >= 11 is 0. The fourth-order valence-corrected chi connectivity index (χ4v) is 5.46. The first-order chi connectivity index (χ1) is 19.1. The van der Waals surface area contributed by atoms with E-state index in [1.54, 1.807) is 29.2 Å². The normalized spacial score (nSPS) is 11.9. The molecule has 3 aromatic carbocycles. The molecule has 3 aromatic rings. The molecule has 0 aliphatic carbocycles. The summed E-state index contributed by atoms with van der Waals surface area (Å²) < 4.78 is 31.8. The lowest BCUT2D eigenvalue weighted by Gasteiger charge is -2.32. The second-order valence-corrected chi connectivity index (χ2v) is 11.7. The highest BCUT2D eigenvalue weighted by Gasteiger charge is 2.30. The fraction of sp³-hybridized carbons (Fsp3) is 0.355. The van der Waals surface area contributed by atoms with Crippen LogP contribution in [0.3, 0.4) is 0 Å². The van der Waals surface area contributed by atoms with Gasteiger partial charge in [-0.05, 0) is 43.5 Å². The second-order valence-electron chi connectivity index (χ2n) is 9.75. The van der Waals surface area contributed by atoms with Gasteiger partial charge in [0.05, 0.1) is 19.1 Å². The summed E-state index contributed by atoms with van der Waals surface area (Å²) in [6, 6.07) is 23.6. The molecular formula is C31H39N3O5S. The number of likely N-dealkylation sites (N-methyl/N-ethyl adjacent to an activating group) is 1. The van der Waals surface area contributed by atoms with Crippen molar-refractivity contribution in [1.29, 1.82) is 0 Å². The van der Waals surface area contributed by atoms with Gasteiger partial charge in [-0.3, -0.25) is 13.9 Å². The number of anilines is 1. The molecule has 0 aliphatic rings. The van der Waals surface area contributed by atoms with Crippen LogP contribution in [-0.4, -0.2) is 57.6 Å². The Bertz CT molecular complexity index is 1360. The SMILES string of the molecule is CCNC(=O)C(Cc1ccccc1)N(Cc1ccc(C)cc1)C(=O)CCCN(c1cccc(OC)c1)S(C)(=O)=O. The van der Waals surface area contributed by atoms with Gasteiger partial charge in [-0.1, -0.05) is 66.2 Å². The monoisotopic (exact) mass is 565 g/mol. The fourth-order valence-electron chi connectivity index (χ4n) is 4.51. The second kappa shape index (κ2) is 14.5. The van der Waals surface area contributed by atoms with E-state index in [1.165, 1.54) is 11.4 Å². The number of aryl methyl sites for hydroxylation is 1. The lowest BCUT2D eigenvalue weighted by atomic mass is 10.0. The molecule has 0 bridgehead atoms. The Morgan fingerprint density at radius 1 is 0.950 bits per heavy atom. The van der Waals surface area contributed by atoms with E-state index >= 15 is 0 Å². The molecule has 9 heteroatoms. The molecule has 3 rings (SSSR count). The molecular weight excluding hydrogens is 526 g/mol. The van der Waals surface area contributed by atoms with Crippen LogP contribution >= 0.6 is 0 Å². The molecule has 40 heavy (non-hydrogen) atoms. The Morgan fingerprint density at radius 2 is 1.65 bits per heavy atom. The van der Waals surface area contributed by atoms with E-state index in [9.17, 15) is 18.0 Å². The topological polar surface area (TPSA) is 96.0 Å².